The number of aromatic nitrogens is 2. The van der Waals surface area contributed by atoms with Gasteiger partial charge in [0.15, 0.2) is 0 Å². The monoisotopic (exact) mass is 279 g/mol. The molecule has 1 N–H and O–H groups in total. The standard InChI is InChI=1S/C16H13N3S/c1-10-3-4-13-14(7-10)19-16(18-13)12(9-17)8-15-11(2)5-6-20-15/h3-8H,1-2H3,(H,18,19). The first-order valence-corrected chi connectivity index (χ1v) is 7.18. The number of nitriles is 1. The van der Waals surface area contributed by atoms with Crippen molar-refractivity contribution < 1.29 is 0 Å². The van der Waals surface area contributed by atoms with Gasteiger partial charge in [-0.05, 0) is 54.6 Å². The number of H-pyrrole nitrogens is 1. The van der Waals surface area contributed by atoms with Crippen molar-refractivity contribution in [2.45, 2.75) is 13.8 Å². The van der Waals surface area contributed by atoms with E-state index < -0.39 is 0 Å². The van der Waals surface area contributed by atoms with E-state index >= 15 is 0 Å². The highest BCUT2D eigenvalue weighted by atomic mass is 32.1. The second-order valence-electron chi connectivity index (χ2n) is 4.74. The Kier molecular flexibility index (Phi) is 3.13. The molecule has 2 heterocycles. The fourth-order valence-electron chi connectivity index (χ4n) is 2.07. The van der Waals surface area contributed by atoms with Gasteiger partial charge in [-0.15, -0.1) is 11.3 Å². The number of benzene rings is 1. The van der Waals surface area contributed by atoms with E-state index in [1.807, 2.05) is 49.6 Å². The fraction of sp³-hybridized carbons (Fsp3) is 0.125. The number of thiophene rings is 1. The van der Waals surface area contributed by atoms with Crippen molar-refractivity contribution >= 4 is 34.0 Å². The zero-order valence-corrected chi connectivity index (χ0v) is 12.1. The van der Waals surface area contributed by atoms with Crippen LogP contribution in [0.2, 0.25) is 0 Å². The summed E-state index contributed by atoms with van der Waals surface area (Å²) in [5.41, 5.74) is 4.75. The average Bonchev–Trinajstić information content (AvgIpc) is 3.01. The van der Waals surface area contributed by atoms with Gasteiger partial charge < -0.3 is 4.98 Å². The highest BCUT2D eigenvalue weighted by Crippen LogP contribution is 2.24. The van der Waals surface area contributed by atoms with Crippen LogP contribution in [0.25, 0.3) is 22.7 Å². The molecule has 0 aliphatic rings. The molecule has 0 fully saturated rings. The minimum atomic E-state index is 0.560. The Labute approximate surface area is 121 Å². The summed E-state index contributed by atoms with van der Waals surface area (Å²) in [4.78, 5) is 8.81. The van der Waals surface area contributed by atoms with E-state index in [0.29, 0.717) is 11.4 Å². The number of imidazole rings is 1. The van der Waals surface area contributed by atoms with Crippen molar-refractivity contribution in [3.63, 3.8) is 0 Å². The topological polar surface area (TPSA) is 52.5 Å². The van der Waals surface area contributed by atoms with Crippen molar-refractivity contribution in [1.82, 2.24) is 9.97 Å². The zero-order valence-electron chi connectivity index (χ0n) is 11.3. The predicted octanol–water partition coefficient (Wildman–Crippen LogP) is 4.31. The van der Waals surface area contributed by atoms with Gasteiger partial charge in [-0.3, -0.25) is 0 Å². The number of nitrogens with one attached hydrogen (secondary N) is 1. The molecule has 4 heteroatoms. The van der Waals surface area contributed by atoms with Crippen molar-refractivity contribution in [3.8, 4) is 6.07 Å². The third kappa shape index (κ3) is 2.24. The highest BCUT2D eigenvalue weighted by Gasteiger charge is 2.09. The molecule has 20 heavy (non-hydrogen) atoms. The zero-order chi connectivity index (χ0) is 14.1. The molecule has 0 atom stereocenters. The Morgan fingerprint density at radius 1 is 1.35 bits per heavy atom. The van der Waals surface area contributed by atoms with Gasteiger partial charge in [0, 0.05) is 4.88 Å². The number of aryl methyl sites for hydroxylation is 2. The Bertz CT molecular complexity index is 846. The van der Waals surface area contributed by atoms with Gasteiger partial charge in [0.1, 0.15) is 11.9 Å². The van der Waals surface area contributed by atoms with E-state index in [1.165, 1.54) is 11.1 Å². The molecule has 1 aromatic carbocycles. The van der Waals surface area contributed by atoms with E-state index in [0.717, 1.165) is 15.9 Å². The lowest BCUT2D eigenvalue weighted by molar-refractivity contribution is 1.27. The van der Waals surface area contributed by atoms with Crippen LogP contribution in [0.3, 0.4) is 0 Å². The maximum absolute atomic E-state index is 9.38. The third-order valence-corrected chi connectivity index (χ3v) is 4.16. The predicted molar refractivity (Wildman–Crippen MR) is 83.4 cm³/mol. The van der Waals surface area contributed by atoms with Crippen LogP contribution in [-0.2, 0) is 0 Å². The van der Waals surface area contributed by atoms with Crippen LogP contribution in [0.15, 0.2) is 29.6 Å². The molecule has 0 aliphatic carbocycles. The van der Waals surface area contributed by atoms with Crippen LogP contribution in [-0.4, -0.2) is 9.97 Å². The lowest BCUT2D eigenvalue weighted by Crippen LogP contribution is -1.84. The van der Waals surface area contributed by atoms with Crippen LogP contribution >= 0.6 is 11.3 Å². The van der Waals surface area contributed by atoms with E-state index in [9.17, 15) is 5.26 Å². The summed E-state index contributed by atoms with van der Waals surface area (Å²) in [5, 5.41) is 11.4. The van der Waals surface area contributed by atoms with Crippen molar-refractivity contribution in [3.05, 3.63) is 51.5 Å². The Hall–Kier alpha value is -2.38. The van der Waals surface area contributed by atoms with Crippen molar-refractivity contribution in [2.75, 3.05) is 0 Å². The van der Waals surface area contributed by atoms with E-state index in [2.05, 4.69) is 16.0 Å². The minimum Gasteiger partial charge on any atom is -0.337 e. The Balaban J connectivity index is 2.10. The molecule has 0 saturated carbocycles. The molecule has 0 spiro atoms. The molecule has 0 amide bonds. The van der Waals surface area contributed by atoms with Gasteiger partial charge in [-0.2, -0.15) is 5.26 Å². The molecule has 0 radical (unpaired) electrons. The smallest absolute Gasteiger partial charge is 0.149 e. The van der Waals surface area contributed by atoms with Crippen LogP contribution in [0.4, 0.5) is 0 Å². The quantitative estimate of drug-likeness (QED) is 0.711. The number of hydrogen-bond donors (Lipinski definition) is 1. The summed E-state index contributed by atoms with van der Waals surface area (Å²) in [6.45, 7) is 4.08. The normalized spacial score (nSPS) is 11.8. The van der Waals surface area contributed by atoms with Gasteiger partial charge in [0.25, 0.3) is 0 Å². The van der Waals surface area contributed by atoms with Crippen molar-refractivity contribution in [1.29, 1.82) is 5.26 Å². The number of allylic oxidation sites excluding steroid dienone is 1. The lowest BCUT2D eigenvalue weighted by atomic mass is 10.2. The van der Waals surface area contributed by atoms with E-state index in [1.54, 1.807) is 11.3 Å². The SMILES string of the molecule is Cc1ccc2nc(C(C#N)=Cc3sccc3C)[nH]c2c1. The molecule has 2 aromatic heterocycles. The first kappa shape index (κ1) is 12.6. The van der Waals surface area contributed by atoms with Crippen molar-refractivity contribution in [2.24, 2.45) is 0 Å². The summed E-state index contributed by atoms with van der Waals surface area (Å²) in [6, 6.07) is 10.3. The largest absolute Gasteiger partial charge is 0.337 e. The van der Waals surface area contributed by atoms with Gasteiger partial charge in [0.05, 0.1) is 16.6 Å². The summed E-state index contributed by atoms with van der Waals surface area (Å²) in [5.74, 6) is 0.626. The van der Waals surface area contributed by atoms with Crippen LogP contribution in [0.5, 0.6) is 0 Å². The average molecular weight is 279 g/mol. The summed E-state index contributed by atoms with van der Waals surface area (Å²) < 4.78 is 0. The Morgan fingerprint density at radius 2 is 2.20 bits per heavy atom. The van der Waals surface area contributed by atoms with E-state index in [-0.39, 0.29) is 0 Å². The minimum absolute atomic E-state index is 0.560. The first-order chi connectivity index (χ1) is 9.67. The number of nitrogens with zero attached hydrogens (tertiary/aromatic N) is 2. The molecule has 3 nitrogen and oxygen atoms in total. The third-order valence-electron chi connectivity index (χ3n) is 3.19. The molecule has 0 aliphatic heterocycles. The first-order valence-electron chi connectivity index (χ1n) is 6.30. The lowest BCUT2D eigenvalue weighted by Gasteiger charge is -1.94. The second-order valence-corrected chi connectivity index (χ2v) is 5.69. The van der Waals surface area contributed by atoms with Crippen LogP contribution in [0.1, 0.15) is 21.8 Å². The molecular formula is C16H13N3S. The number of fused-ring (bicyclic) bond motifs is 1. The molecule has 0 bridgehead atoms. The fourth-order valence-corrected chi connectivity index (χ4v) is 2.93. The number of aromatic amines is 1. The molecule has 0 saturated heterocycles. The van der Waals surface area contributed by atoms with Gasteiger partial charge in [-0.1, -0.05) is 6.07 Å². The summed E-state index contributed by atoms with van der Waals surface area (Å²) in [6.07, 6.45) is 1.89. The molecular weight excluding hydrogens is 266 g/mol. The molecule has 98 valence electrons. The number of rotatable bonds is 2. The van der Waals surface area contributed by atoms with Gasteiger partial charge >= 0.3 is 0 Å². The highest BCUT2D eigenvalue weighted by molar-refractivity contribution is 7.11. The van der Waals surface area contributed by atoms with Gasteiger partial charge in [-0.25, -0.2) is 4.98 Å². The maximum Gasteiger partial charge on any atom is 0.149 e. The summed E-state index contributed by atoms with van der Waals surface area (Å²) >= 11 is 1.63. The maximum atomic E-state index is 9.38. The van der Waals surface area contributed by atoms with E-state index in [4.69, 9.17) is 0 Å². The van der Waals surface area contributed by atoms with Crippen LogP contribution in [0, 0.1) is 25.2 Å². The number of hydrogen-bond acceptors (Lipinski definition) is 3. The van der Waals surface area contributed by atoms with Crippen LogP contribution < -0.4 is 0 Å². The molecule has 3 aromatic rings. The molecule has 3 rings (SSSR count). The molecule has 0 unspecified atom stereocenters. The second kappa shape index (κ2) is 4.95. The Morgan fingerprint density at radius 3 is 2.90 bits per heavy atom. The summed E-state index contributed by atoms with van der Waals surface area (Å²) in [7, 11) is 0. The van der Waals surface area contributed by atoms with Gasteiger partial charge in [0.2, 0.25) is 0 Å².